The molecule has 0 aliphatic carbocycles. The van der Waals surface area contributed by atoms with Gasteiger partial charge in [0, 0.05) is 0 Å². The largest absolute Gasteiger partial charge is 0.481 e. The highest BCUT2D eigenvalue weighted by Gasteiger charge is 2.26. The second-order valence-electron chi connectivity index (χ2n) is 6.38. The molecular formula is C18H25N2O4. The number of benzene rings is 1. The van der Waals surface area contributed by atoms with Crippen molar-refractivity contribution in [3.8, 4) is 0 Å². The summed E-state index contributed by atoms with van der Waals surface area (Å²) in [7, 11) is 0. The van der Waals surface area contributed by atoms with Gasteiger partial charge in [0.1, 0.15) is 0 Å². The summed E-state index contributed by atoms with van der Waals surface area (Å²) in [6.45, 7) is 3.88. The second-order valence-corrected chi connectivity index (χ2v) is 6.38. The van der Waals surface area contributed by atoms with E-state index in [2.05, 4.69) is 5.32 Å². The summed E-state index contributed by atoms with van der Waals surface area (Å²) in [4.78, 5) is 34.6. The number of nitrogens with one attached hydrogen (secondary N) is 1. The molecule has 3 atom stereocenters. The monoisotopic (exact) mass is 333 g/mol. The first-order chi connectivity index (χ1) is 11.3. The van der Waals surface area contributed by atoms with Crippen molar-refractivity contribution in [2.75, 3.05) is 0 Å². The molecule has 6 nitrogen and oxygen atoms in total. The van der Waals surface area contributed by atoms with E-state index in [-0.39, 0.29) is 18.8 Å². The third kappa shape index (κ3) is 6.91. The van der Waals surface area contributed by atoms with Crippen LogP contribution in [0.4, 0.5) is 0 Å². The minimum absolute atomic E-state index is 0.0200. The minimum Gasteiger partial charge on any atom is -0.481 e. The van der Waals surface area contributed by atoms with Crippen LogP contribution in [0.3, 0.4) is 0 Å². The van der Waals surface area contributed by atoms with Crippen molar-refractivity contribution < 1.29 is 19.5 Å². The van der Waals surface area contributed by atoms with Crippen LogP contribution in [0.5, 0.6) is 0 Å². The van der Waals surface area contributed by atoms with Gasteiger partial charge in [-0.05, 0) is 30.7 Å². The van der Waals surface area contributed by atoms with Gasteiger partial charge in [0.05, 0.1) is 18.0 Å². The van der Waals surface area contributed by atoms with Crippen molar-refractivity contribution in [2.24, 2.45) is 17.6 Å². The molecule has 0 aromatic heterocycles. The maximum Gasteiger partial charge on any atom is 0.306 e. The molecule has 6 heteroatoms. The first kappa shape index (κ1) is 19.8. The summed E-state index contributed by atoms with van der Waals surface area (Å²) in [6, 6.07) is 7.43. The maximum atomic E-state index is 12.0. The number of carbonyl (C=O) groups is 2. The number of carbonyl (C=O) groups excluding carboxylic acids is 2. The van der Waals surface area contributed by atoms with Crippen molar-refractivity contribution in [3.05, 3.63) is 35.9 Å². The molecule has 1 amide bonds. The van der Waals surface area contributed by atoms with E-state index in [1.54, 1.807) is 6.29 Å². The van der Waals surface area contributed by atoms with E-state index in [1.807, 2.05) is 44.2 Å². The first-order valence-electron chi connectivity index (χ1n) is 8.03. The molecule has 0 aliphatic rings. The average Bonchev–Trinajstić information content (AvgIpc) is 2.53. The molecule has 1 rings (SSSR count). The van der Waals surface area contributed by atoms with E-state index in [4.69, 9.17) is 5.73 Å². The molecule has 1 aromatic rings. The summed E-state index contributed by atoms with van der Waals surface area (Å²) in [5.74, 6) is -2.02. The zero-order chi connectivity index (χ0) is 18.1. The number of amides is 1. The van der Waals surface area contributed by atoms with Gasteiger partial charge in [-0.1, -0.05) is 44.2 Å². The predicted molar refractivity (Wildman–Crippen MR) is 90.9 cm³/mol. The summed E-state index contributed by atoms with van der Waals surface area (Å²) in [5, 5.41) is 11.9. The summed E-state index contributed by atoms with van der Waals surface area (Å²) < 4.78 is 0. The summed E-state index contributed by atoms with van der Waals surface area (Å²) in [6.07, 6.45) is 2.46. The van der Waals surface area contributed by atoms with Crippen LogP contribution < -0.4 is 11.1 Å². The van der Waals surface area contributed by atoms with Gasteiger partial charge in [-0.3, -0.25) is 14.4 Å². The molecule has 0 spiro atoms. The van der Waals surface area contributed by atoms with E-state index >= 15 is 0 Å². The molecule has 1 aromatic carbocycles. The molecule has 1 radical (unpaired) electrons. The van der Waals surface area contributed by atoms with E-state index in [1.165, 1.54) is 0 Å². The predicted octanol–water partition coefficient (Wildman–Crippen LogP) is 1.29. The molecule has 0 heterocycles. The van der Waals surface area contributed by atoms with Crippen LogP contribution in [0.15, 0.2) is 30.3 Å². The fourth-order valence-electron chi connectivity index (χ4n) is 2.48. The molecule has 0 aliphatic heterocycles. The number of hydrogen-bond donors (Lipinski definition) is 3. The fraction of sp³-hybridized carbons (Fsp3) is 0.500. The minimum atomic E-state index is -1.01. The topological polar surface area (TPSA) is 109 Å². The zero-order valence-electron chi connectivity index (χ0n) is 14.1. The molecule has 0 fully saturated rings. The molecule has 0 saturated carbocycles. The van der Waals surface area contributed by atoms with Crippen LogP contribution in [-0.4, -0.2) is 35.4 Å². The number of carboxylic acids is 1. The van der Waals surface area contributed by atoms with Crippen LogP contribution in [-0.2, 0) is 20.8 Å². The highest BCUT2D eigenvalue weighted by Crippen LogP contribution is 2.15. The number of hydrogen-bond acceptors (Lipinski definition) is 4. The van der Waals surface area contributed by atoms with Gasteiger partial charge < -0.3 is 16.2 Å². The summed E-state index contributed by atoms with van der Waals surface area (Å²) in [5.41, 5.74) is 6.64. The number of nitrogens with two attached hydrogens (primary N) is 1. The highest BCUT2D eigenvalue weighted by atomic mass is 16.4. The number of carboxylic acid groups (broad SMARTS) is 1. The lowest BCUT2D eigenvalue weighted by molar-refractivity contribution is -0.142. The lowest BCUT2D eigenvalue weighted by Gasteiger charge is -2.20. The molecule has 1 unspecified atom stereocenters. The summed E-state index contributed by atoms with van der Waals surface area (Å²) >= 11 is 0. The van der Waals surface area contributed by atoms with Crippen molar-refractivity contribution in [3.63, 3.8) is 0 Å². The SMILES string of the molecule is CC(C)C[C@H](N)C(=O)N[C@H]([C]=O)CC(Cc1ccccc1)C(=O)O. The van der Waals surface area contributed by atoms with Crippen LogP contribution in [0.2, 0.25) is 0 Å². The van der Waals surface area contributed by atoms with Crippen molar-refractivity contribution in [1.29, 1.82) is 0 Å². The first-order valence-corrected chi connectivity index (χ1v) is 8.03. The number of rotatable bonds is 10. The van der Waals surface area contributed by atoms with E-state index < -0.39 is 29.9 Å². The smallest absolute Gasteiger partial charge is 0.306 e. The quantitative estimate of drug-likeness (QED) is 0.598. The molecule has 4 N–H and O–H groups in total. The normalized spacial score (nSPS) is 14.7. The zero-order valence-corrected chi connectivity index (χ0v) is 14.1. The number of aliphatic carboxylic acids is 1. The van der Waals surface area contributed by atoms with Gasteiger partial charge in [0.15, 0.2) is 0 Å². The molecule has 0 bridgehead atoms. The fourth-order valence-corrected chi connectivity index (χ4v) is 2.48. The van der Waals surface area contributed by atoms with E-state index in [9.17, 15) is 19.5 Å². The van der Waals surface area contributed by atoms with Gasteiger partial charge in [-0.25, -0.2) is 0 Å². The van der Waals surface area contributed by atoms with Crippen LogP contribution in [0, 0.1) is 11.8 Å². The Morgan fingerprint density at radius 3 is 2.33 bits per heavy atom. The maximum absolute atomic E-state index is 12.0. The Kier molecular flexibility index (Phi) is 8.12. The average molecular weight is 333 g/mol. The van der Waals surface area contributed by atoms with E-state index in [0.29, 0.717) is 6.42 Å². The molecular weight excluding hydrogens is 308 g/mol. The Morgan fingerprint density at radius 1 is 1.21 bits per heavy atom. The van der Waals surface area contributed by atoms with Crippen molar-refractivity contribution >= 4 is 18.2 Å². The van der Waals surface area contributed by atoms with Crippen LogP contribution >= 0.6 is 0 Å². The van der Waals surface area contributed by atoms with Gasteiger partial charge in [-0.15, -0.1) is 0 Å². The highest BCUT2D eigenvalue weighted by molar-refractivity contribution is 5.84. The van der Waals surface area contributed by atoms with Crippen LogP contribution in [0.1, 0.15) is 32.3 Å². The standard InChI is InChI=1S/C18H25N2O4/c1-12(2)8-16(19)17(22)20-15(11-21)10-14(18(23)24)9-13-6-4-3-5-7-13/h3-7,12,14-16H,8-10,19H2,1-2H3,(H,20,22)(H,23,24)/t14?,15-,16-/m0/s1. The Hall–Kier alpha value is -2.21. The van der Waals surface area contributed by atoms with Gasteiger partial charge >= 0.3 is 5.97 Å². The molecule has 24 heavy (non-hydrogen) atoms. The van der Waals surface area contributed by atoms with E-state index in [0.717, 1.165) is 5.56 Å². The second kappa shape index (κ2) is 9.82. The Labute approximate surface area is 142 Å². The lowest BCUT2D eigenvalue weighted by Crippen LogP contribution is -2.47. The van der Waals surface area contributed by atoms with Gasteiger partial charge in [0.2, 0.25) is 12.2 Å². The van der Waals surface area contributed by atoms with Crippen LogP contribution in [0.25, 0.3) is 0 Å². The molecule has 131 valence electrons. The van der Waals surface area contributed by atoms with Gasteiger partial charge in [0.25, 0.3) is 0 Å². The Morgan fingerprint density at radius 2 is 1.83 bits per heavy atom. The third-order valence-electron chi connectivity index (χ3n) is 3.72. The Bertz CT molecular complexity index is 545. The lowest BCUT2D eigenvalue weighted by atomic mass is 9.93. The molecule has 0 saturated heterocycles. The Balaban J connectivity index is 2.67. The van der Waals surface area contributed by atoms with Crippen molar-refractivity contribution in [2.45, 2.75) is 45.2 Å². The third-order valence-corrected chi connectivity index (χ3v) is 3.72. The van der Waals surface area contributed by atoms with Crippen molar-refractivity contribution in [1.82, 2.24) is 5.32 Å². The van der Waals surface area contributed by atoms with Gasteiger partial charge in [-0.2, -0.15) is 0 Å².